The van der Waals surface area contributed by atoms with Crippen molar-refractivity contribution < 1.29 is 9.47 Å². The minimum absolute atomic E-state index is 0. The maximum atomic E-state index is 6.21. The van der Waals surface area contributed by atoms with Crippen molar-refractivity contribution in [1.82, 2.24) is 5.32 Å². The third kappa shape index (κ3) is 8.20. The van der Waals surface area contributed by atoms with Gasteiger partial charge in [-0.15, -0.1) is 12.4 Å². The fraction of sp³-hybridized carbons (Fsp3) is 0.455. The highest BCUT2D eigenvalue weighted by Gasteiger charge is 2.12. The highest BCUT2D eigenvalue weighted by atomic mass is 79.9. The summed E-state index contributed by atoms with van der Waals surface area (Å²) in [6, 6.07) is 11.8. The van der Waals surface area contributed by atoms with Crippen LogP contribution in [0.3, 0.4) is 0 Å². The van der Waals surface area contributed by atoms with Gasteiger partial charge in [0.15, 0.2) is 11.5 Å². The van der Waals surface area contributed by atoms with Gasteiger partial charge in [0.2, 0.25) is 0 Å². The topological polar surface area (TPSA) is 30.5 Å². The van der Waals surface area contributed by atoms with Crippen LogP contribution < -0.4 is 14.8 Å². The molecule has 0 aliphatic heterocycles. The highest BCUT2D eigenvalue weighted by Crippen LogP contribution is 2.37. The lowest BCUT2D eigenvalue weighted by atomic mass is 10.1. The summed E-state index contributed by atoms with van der Waals surface area (Å²) >= 11 is 9.82. The molecule has 0 bridgehead atoms. The van der Waals surface area contributed by atoms with Crippen LogP contribution in [-0.4, -0.2) is 13.7 Å². The van der Waals surface area contributed by atoms with E-state index in [-0.39, 0.29) is 12.4 Å². The summed E-state index contributed by atoms with van der Waals surface area (Å²) in [4.78, 5) is 0. The Morgan fingerprint density at radius 2 is 1.82 bits per heavy atom. The largest absolute Gasteiger partial charge is 0.493 e. The molecule has 6 heteroatoms. The number of methoxy groups -OCH3 is 1. The van der Waals surface area contributed by atoms with E-state index in [0.717, 1.165) is 34.4 Å². The molecule has 0 saturated carbocycles. The smallest absolute Gasteiger partial charge is 0.175 e. The normalized spacial score (nSPS) is 10.4. The Bertz CT molecular complexity index is 713. The zero-order chi connectivity index (χ0) is 19.5. The molecule has 0 fully saturated rings. The van der Waals surface area contributed by atoms with E-state index in [4.69, 9.17) is 21.1 Å². The van der Waals surface area contributed by atoms with Crippen molar-refractivity contribution in [2.75, 3.05) is 13.7 Å². The fourth-order valence-corrected chi connectivity index (χ4v) is 3.66. The van der Waals surface area contributed by atoms with E-state index in [0.29, 0.717) is 17.4 Å². The van der Waals surface area contributed by atoms with Crippen molar-refractivity contribution in [2.45, 2.75) is 52.2 Å². The van der Waals surface area contributed by atoms with Gasteiger partial charge >= 0.3 is 0 Å². The molecule has 3 nitrogen and oxygen atoms in total. The number of ether oxygens (including phenoxy) is 2. The number of unbranched alkanes of at least 4 members (excludes halogenated alkanes) is 4. The lowest BCUT2D eigenvalue weighted by molar-refractivity contribution is 0.282. The van der Waals surface area contributed by atoms with Crippen LogP contribution in [0.4, 0.5) is 0 Å². The van der Waals surface area contributed by atoms with Crippen molar-refractivity contribution in [3.8, 4) is 11.5 Å². The van der Waals surface area contributed by atoms with E-state index >= 15 is 0 Å². The zero-order valence-corrected chi connectivity index (χ0v) is 19.8. The molecule has 2 aromatic carbocycles. The van der Waals surface area contributed by atoms with Gasteiger partial charge < -0.3 is 14.8 Å². The van der Waals surface area contributed by atoms with Gasteiger partial charge in [-0.1, -0.05) is 62.4 Å². The predicted octanol–water partition coefficient (Wildman–Crippen LogP) is 7.17. The van der Waals surface area contributed by atoms with E-state index < -0.39 is 0 Å². The number of nitrogens with one attached hydrogen (secondary N) is 1. The van der Waals surface area contributed by atoms with Crippen LogP contribution in [0.25, 0.3) is 0 Å². The molecule has 2 rings (SSSR count). The number of halogens is 3. The molecule has 156 valence electrons. The van der Waals surface area contributed by atoms with Crippen molar-refractivity contribution in [3.05, 3.63) is 57.0 Å². The van der Waals surface area contributed by atoms with Crippen LogP contribution in [0.5, 0.6) is 11.5 Å². The molecular formula is C22H30BrCl2NO2. The summed E-state index contributed by atoms with van der Waals surface area (Å²) in [5.41, 5.74) is 2.11. The van der Waals surface area contributed by atoms with E-state index in [2.05, 4.69) is 34.2 Å². The molecule has 1 N–H and O–H groups in total. The molecule has 28 heavy (non-hydrogen) atoms. The van der Waals surface area contributed by atoms with E-state index in [1.54, 1.807) is 7.11 Å². The standard InChI is InChI=1S/C22H29BrClNO2.ClH/c1-3-4-5-6-9-12-25-15-17-13-19(23)22(21(14-17)26-2)27-16-18-10-7-8-11-20(18)24;/h7-8,10-11,13-14,25H,3-6,9,12,15-16H2,1-2H3;1H. The molecule has 2 aromatic rings. The second-order valence-corrected chi connectivity index (χ2v) is 7.84. The van der Waals surface area contributed by atoms with Gasteiger partial charge in [-0.25, -0.2) is 0 Å². The molecule has 0 saturated heterocycles. The Labute approximate surface area is 188 Å². The maximum Gasteiger partial charge on any atom is 0.175 e. The van der Waals surface area contributed by atoms with E-state index in [1.165, 1.54) is 32.1 Å². The summed E-state index contributed by atoms with van der Waals surface area (Å²) < 4.78 is 12.4. The van der Waals surface area contributed by atoms with Gasteiger partial charge in [0, 0.05) is 17.1 Å². The summed E-state index contributed by atoms with van der Waals surface area (Å²) in [6.07, 6.45) is 6.46. The average molecular weight is 491 g/mol. The van der Waals surface area contributed by atoms with Crippen LogP contribution in [0.15, 0.2) is 40.9 Å². The van der Waals surface area contributed by atoms with Gasteiger partial charge in [-0.2, -0.15) is 0 Å². The van der Waals surface area contributed by atoms with Gasteiger partial charge in [-0.3, -0.25) is 0 Å². The molecule has 0 aromatic heterocycles. The second-order valence-electron chi connectivity index (χ2n) is 6.58. The summed E-state index contributed by atoms with van der Waals surface area (Å²) in [7, 11) is 1.66. The van der Waals surface area contributed by atoms with Crippen molar-refractivity contribution in [2.24, 2.45) is 0 Å². The molecule has 0 amide bonds. The second kappa shape index (κ2) is 14.1. The number of rotatable bonds is 12. The summed E-state index contributed by atoms with van der Waals surface area (Å²) in [6.45, 7) is 4.48. The van der Waals surface area contributed by atoms with Crippen LogP contribution >= 0.6 is 39.9 Å². The van der Waals surface area contributed by atoms with Gasteiger partial charge in [-0.05, 0) is 52.7 Å². The summed E-state index contributed by atoms with van der Waals surface area (Å²) in [5, 5.41) is 4.21. The van der Waals surface area contributed by atoms with Crippen LogP contribution in [0, 0.1) is 0 Å². The Hall–Kier alpha value is -0.940. The van der Waals surface area contributed by atoms with Crippen LogP contribution in [-0.2, 0) is 13.2 Å². The van der Waals surface area contributed by atoms with Crippen LogP contribution in [0.2, 0.25) is 5.02 Å². The van der Waals surface area contributed by atoms with Crippen molar-refractivity contribution in [1.29, 1.82) is 0 Å². The van der Waals surface area contributed by atoms with E-state index in [9.17, 15) is 0 Å². The van der Waals surface area contributed by atoms with Crippen molar-refractivity contribution >= 4 is 39.9 Å². The Kier molecular flexibility index (Phi) is 12.6. The lowest BCUT2D eigenvalue weighted by Crippen LogP contribution is -2.14. The lowest BCUT2D eigenvalue weighted by Gasteiger charge is -2.15. The number of hydrogen-bond donors (Lipinski definition) is 1. The number of benzene rings is 2. The molecular weight excluding hydrogens is 461 g/mol. The first kappa shape index (κ1) is 25.1. The average Bonchev–Trinajstić information content (AvgIpc) is 2.67. The Morgan fingerprint density at radius 3 is 2.54 bits per heavy atom. The Morgan fingerprint density at radius 1 is 1.07 bits per heavy atom. The SMILES string of the molecule is CCCCCCCNCc1cc(Br)c(OCc2ccccc2Cl)c(OC)c1.Cl. The molecule has 0 aliphatic carbocycles. The minimum atomic E-state index is 0. The quantitative estimate of drug-likeness (QED) is 0.320. The predicted molar refractivity (Wildman–Crippen MR) is 124 cm³/mol. The molecule has 0 heterocycles. The molecule has 0 atom stereocenters. The van der Waals surface area contributed by atoms with Gasteiger partial charge in [0.05, 0.1) is 11.6 Å². The first-order valence-corrected chi connectivity index (χ1v) is 10.8. The third-order valence-corrected chi connectivity index (χ3v) is 5.36. The maximum absolute atomic E-state index is 6.21. The first-order chi connectivity index (χ1) is 13.2. The monoisotopic (exact) mass is 489 g/mol. The molecule has 0 spiro atoms. The van der Waals surface area contributed by atoms with Crippen LogP contribution in [0.1, 0.15) is 50.2 Å². The van der Waals surface area contributed by atoms with Gasteiger partial charge in [0.25, 0.3) is 0 Å². The summed E-state index contributed by atoms with van der Waals surface area (Å²) in [5.74, 6) is 1.41. The number of hydrogen-bond acceptors (Lipinski definition) is 3. The molecule has 0 aliphatic rings. The highest BCUT2D eigenvalue weighted by molar-refractivity contribution is 9.10. The molecule has 0 unspecified atom stereocenters. The first-order valence-electron chi connectivity index (χ1n) is 9.59. The van der Waals surface area contributed by atoms with E-state index in [1.807, 2.05) is 30.3 Å². The van der Waals surface area contributed by atoms with Crippen molar-refractivity contribution in [3.63, 3.8) is 0 Å². The molecule has 0 radical (unpaired) electrons. The zero-order valence-electron chi connectivity index (χ0n) is 16.6. The Balaban J connectivity index is 0.00000392. The fourth-order valence-electron chi connectivity index (χ4n) is 2.87. The van der Waals surface area contributed by atoms with Gasteiger partial charge in [0.1, 0.15) is 6.61 Å². The third-order valence-electron chi connectivity index (χ3n) is 4.41. The minimum Gasteiger partial charge on any atom is -0.493 e.